The summed E-state index contributed by atoms with van der Waals surface area (Å²) in [5, 5.41) is 0.560. The van der Waals surface area contributed by atoms with Crippen LogP contribution < -0.4 is 5.56 Å². The Balaban J connectivity index is 1.64. The number of nitrogens with one attached hydrogen (secondary N) is 2. The van der Waals surface area contributed by atoms with E-state index >= 15 is 0 Å². The van der Waals surface area contributed by atoms with E-state index in [9.17, 15) is 27.6 Å². The number of nitrogens with zero attached hydrogens (tertiary/aromatic N) is 2. The number of hydrogen-bond acceptors (Lipinski definition) is 4. The van der Waals surface area contributed by atoms with Gasteiger partial charge in [-0.15, -0.1) is 0 Å². The van der Waals surface area contributed by atoms with Crippen molar-refractivity contribution in [3.8, 4) is 0 Å². The standard InChI is InChI=1S/C27H24ClF3N4O4/c1-27(2,3)39-26(38)35-10-21-23(13-7-17(30)18(31)8-14(13)24(36)33-21)22(11-35)34(4)25(37)20-9-15-16(28)5-12(29)6-19(15)32-20/h5-9,22,32H,10-11H2,1-4H3,(H,33,36)/t22-/m0/s1. The molecule has 2 aromatic carbocycles. The lowest BCUT2D eigenvalue weighted by molar-refractivity contribution is 0.0142. The van der Waals surface area contributed by atoms with Gasteiger partial charge in [-0.2, -0.15) is 0 Å². The zero-order valence-electron chi connectivity index (χ0n) is 21.4. The van der Waals surface area contributed by atoms with E-state index < -0.39 is 46.7 Å². The number of H-pyrrole nitrogens is 2. The number of carbonyl (C=O) groups excluding carboxylic acids is 2. The van der Waals surface area contributed by atoms with Crippen molar-refractivity contribution in [2.75, 3.05) is 13.6 Å². The van der Waals surface area contributed by atoms with Crippen LogP contribution in [-0.2, 0) is 11.3 Å². The highest BCUT2D eigenvalue weighted by molar-refractivity contribution is 6.35. The summed E-state index contributed by atoms with van der Waals surface area (Å²) >= 11 is 6.15. The van der Waals surface area contributed by atoms with Crippen molar-refractivity contribution >= 4 is 45.3 Å². The maximum atomic E-state index is 14.4. The molecule has 1 atom stereocenters. The number of aromatic amines is 2. The molecule has 2 aromatic heterocycles. The summed E-state index contributed by atoms with van der Waals surface area (Å²) in [6.07, 6.45) is -0.682. The van der Waals surface area contributed by atoms with Crippen molar-refractivity contribution < 1.29 is 27.5 Å². The highest BCUT2D eigenvalue weighted by atomic mass is 35.5. The molecule has 0 unspecified atom stereocenters. The first-order valence-corrected chi connectivity index (χ1v) is 12.4. The number of ether oxygens (including phenoxy) is 1. The van der Waals surface area contributed by atoms with Gasteiger partial charge in [-0.25, -0.2) is 18.0 Å². The number of benzene rings is 2. The smallest absolute Gasteiger partial charge is 0.410 e. The summed E-state index contributed by atoms with van der Waals surface area (Å²) in [7, 11) is 1.47. The van der Waals surface area contributed by atoms with Crippen molar-refractivity contribution in [2.45, 2.75) is 39.0 Å². The van der Waals surface area contributed by atoms with Crippen molar-refractivity contribution in [1.82, 2.24) is 19.8 Å². The topological polar surface area (TPSA) is 98.5 Å². The largest absolute Gasteiger partial charge is 0.444 e. The van der Waals surface area contributed by atoms with Crippen LogP contribution in [0.15, 0.2) is 35.1 Å². The highest BCUT2D eigenvalue weighted by Crippen LogP contribution is 2.36. The van der Waals surface area contributed by atoms with E-state index in [-0.39, 0.29) is 40.3 Å². The van der Waals surface area contributed by atoms with Gasteiger partial charge in [-0.1, -0.05) is 11.6 Å². The quantitative estimate of drug-likeness (QED) is 0.331. The number of carbonyl (C=O) groups is 2. The molecule has 3 heterocycles. The summed E-state index contributed by atoms with van der Waals surface area (Å²) in [6.45, 7) is 4.94. The lowest BCUT2D eigenvalue weighted by Crippen LogP contribution is -2.47. The second-order valence-corrected chi connectivity index (χ2v) is 10.9. The average Bonchev–Trinajstić information content (AvgIpc) is 3.27. The molecule has 0 spiro atoms. The normalized spacial score (nSPS) is 15.5. The van der Waals surface area contributed by atoms with E-state index in [1.807, 2.05) is 0 Å². The van der Waals surface area contributed by atoms with Crippen molar-refractivity contribution in [1.29, 1.82) is 0 Å². The Morgan fingerprint density at radius 3 is 2.36 bits per heavy atom. The molecular weight excluding hydrogens is 537 g/mol. The van der Waals surface area contributed by atoms with Gasteiger partial charge in [-0.3, -0.25) is 14.5 Å². The molecule has 0 fully saturated rings. The first-order chi connectivity index (χ1) is 18.2. The van der Waals surface area contributed by atoms with Crippen LogP contribution in [0.2, 0.25) is 5.02 Å². The maximum absolute atomic E-state index is 14.4. The third-order valence-corrected chi connectivity index (χ3v) is 6.90. The van der Waals surface area contributed by atoms with Gasteiger partial charge in [0.15, 0.2) is 11.6 Å². The summed E-state index contributed by atoms with van der Waals surface area (Å²) in [5.41, 5.74) is -0.481. The van der Waals surface area contributed by atoms with E-state index in [0.29, 0.717) is 16.5 Å². The molecule has 5 rings (SSSR count). The second kappa shape index (κ2) is 9.33. The van der Waals surface area contributed by atoms with Crippen LogP contribution in [0.25, 0.3) is 21.7 Å². The average molecular weight is 561 g/mol. The number of amides is 2. The molecule has 39 heavy (non-hydrogen) atoms. The van der Waals surface area contributed by atoms with E-state index in [2.05, 4.69) is 9.97 Å². The second-order valence-electron chi connectivity index (χ2n) is 10.5. The summed E-state index contributed by atoms with van der Waals surface area (Å²) in [6, 6.07) is 4.62. The van der Waals surface area contributed by atoms with Gasteiger partial charge in [0.2, 0.25) is 0 Å². The first kappa shape index (κ1) is 26.6. The predicted octanol–water partition coefficient (Wildman–Crippen LogP) is 5.64. The Morgan fingerprint density at radius 1 is 1.03 bits per heavy atom. The van der Waals surface area contributed by atoms with Crippen LogP contribution in [-0.4, -0.2) is 51.0 Å². The fourth-order valence-corrected chi connectivity index (χ4v) is 5.10. The zero-order valence-corrected chi connectivity index (χ0v) is 22.2. The minimum Gasteiger partial charge on any atom is -0.444 e. The number of rotatable bonds is 2. The Morgan fingerprint density at radius 2 is 1.69 bits per heavy atom. The van der Waals surface area contributed by atoms with Gasteiger partial charge < -0.3 is 19.6 Å². The van der Waals surface area contributed by atoms with E-state index in [1.165, 1.54) is 29.0 Å². The third kappa shape index (κ3) is 4.82. The molecule has 4 aromatic rings. The molecule has 0 saturated carbocycles. The maximum Gasteiger partial charge on any atom is 0.410 e. The number of aromatic nitrogens is 2. The molecule has 1 aliphatic heterocycles. The van der Waals surface area contributed by atoms with Gasteiger partial charge in [0, 0.05) is 30.2 Å². The number of hydrogen-bond donors (Lipinski definition) is 2. The third-order valence-electron chi connectivity index (χ3n) is 6.58. The van der Waals surface area contributed by atoms with Gasteiger partial charge in [-0.05, 0) is 56.5 Å². The Bertz CT molecular complexity index is 1730. The zero-order chi connectivity index (χ0) is 28.4. The molecule has 8 nitrogen and oxygen atoms in total. The van der Waals surface area contributed by atoms with Crippen LogP contribution in [0, 0.1) is 17.5 Å². The summed E-state index contributed by atoms with van der Waals surface area (Å²) < 4.78 is 47.8. The van der Waals surface area contributed by atoms with Gasteiger partial charge in [0.25, 0.3) is 11.5 Å². The van der Waals surface area contributed by atoms with Crippen molar-refractivity contribution in [3.63, 3.8) is 0 Å². The Kier molecular flexibility index (Phi) is 6.37. The lowest BCUT2D eigenvalue weighted by atomic mass is 9.92. The highest BCUT2D eigenvalue weighted by Gasteiger charge is 2.37. The molecule has 2 amide bonds. The van der Waals surface area contributed by atoms with Crippen molar-refractivity contribution in [2.24, 2.45) is 0 Å². The molecule has 0 saturated heterocycles. The molecule has 12 heteroatoms. The van der Waals surface area contributed by atoms with Crippen LogP contribution in [0.3, 0.4) is 0 Å². The minimum absolute atomic E-state index is 0.0695. The monoisotopic (exact) mass is 560 g/mol. The predicted molar refractivity (Wildman–Crippen MR) is 139 cm³/mol. The van der Waals surface area contributed by atoms with Gasteiger partial charge in [0.1, 0.15) is 17.1 Å². The minimum atomic E-state index is -1.19. The van der Waals surface area contributed by atoms with Crippen molar-refractivity contribution in [3.05, 3.63) is 80.1 Å². The fourth-order valence-electron chi connectivity index (χ4n) is 4.84. The molecular formula is C27H24ClF3N4O4. The van der Waals surface area contributed by atoms with E-state index in [1.54, 1.807) is 20.8 Å². The number of halogens is 4. The fraction of sp³-hybridized carbons (Fsp3) is 0.296. The SMILES string of the molecule is CN(C(=O)c1cc2c(Cl)cc(F)cc2[nH]1)[C@H]1CN(C(=O)OC(C)(C)C)Cc2[nH]c(=O)c3cc(F)c(F)cc3c21. The summed E-state index contributed by atoms with van der Waals surface area (Å²) in [4.78, 5) is 47.6. The Hall–Kier alpha value is -3.99. The molecule has 0 bridgehead atoms. The molecule has 0 radical (unpaired) electrons. The molecule has 1 aliphatic rings. The van der Waals surface area contributed by atoms with Crippen LogP contribution in [0.1, 0.15) is 48.6 Å². The van der Waals surface area contributed by atoms with Crippen LogP contribution in [0.4, 0.5) is 18.0 Å². The Labute approximate surface area is 225 Å². The van der Waals surface area contributed by atoms with Gasteiger partial charge in [0.05, 0.1) is 28.5 Å². The number of fused-ring (bicyclic) bond motifs is 4. The van der Waals surface area contributed by atoms with E-state index in [0.717, 1.165) is 18.2 Å². The van der Waals surface area contributed by atoms with E-state index in [4.69, 9.17) is 16.3 Å². The van der Waals surface area contributed by atoms with Gasteiger partial charge >= 0.3 is 6.09 Å². The summed E-state index contributed by atoms with van der Waals surface area (Å²) in [5.74, 6) is -3.49. The number of pyridine rings is 1. The first-order valence-electron chi connectivity index (χ1n) is 12.0. The lowest BCUT2D eigenvalue weighted by Gasteiger charge is -2.39. The molecule has 0 aliphatic carbocycles. The molecule has 204 valence electrons. The van der Waals surface area contributed by atoms with Crippen LogP contribution >= 0.6 is 11.6 Å². The molecule has 2 N–H and O–H groups in total. The number of likely N-dealkylation sites (N-methyl/N-ethyl adjacent to an activating group) is 1. The van der Waals surface area contributed by atoms with Crippen LogP contribution in [0.5, 0.6) is 0 Å².